The van der Waals surface area contributed by atoms with Crippen molar-refractivity contribution in [3.8, 4) is 0 Å². The standard InChI is InChI=1S/C20H18O3S2/c1-15-9-11-17(12-10-15)25(22,23)20(19-8-5-13-24-19)14-18(21)16-6-3-2-4-7-16/h2-13,20H,14H2,1H3/t20-/m0/s1. The Bertz CT molecular complexity index is 942. The van der Waals surface area contributed by atoms with Crippen molar-refractivity contribution >= 4 is 27.0 Å². The molecule has 3 rings (SSSR count). The molecular weight excluding hydrogens is 352 g/mol. The van der Waals surface area contributed by atoms with E-state index in [0.29, 0.717) is 10.4 Å². The van der Waals surface area contributed by atoms with Crippen LogP contribution in [0, 0.1) is 6.92 Å². The molecular formula is C20H18O3S2. The van der Waals surface area contributed by atoms with E-state index in [-0.39, 0.29) is 17.1 Å². The molecule has 0 N–H and O–H groups in total. The van der Waals surface area contributed by atoms with Gasteiger partial charge in [-0.05, 0) is 30.5 Å². The quantitative estimate of drug-likeness (QED) is 0.583. The molecule has 0 aliphatic rings. The molecule has 0 radical (unpaired) electrons. The molecule has 1 aromatic heterocycles. The first-order valence-electron chi connectivity index (χ1n) is 7.90. The smallest absolute Gasteiger partial charge is 0.186 e. The van der Waals surface area contributed by atoms with Crippen LogP contribution >= 0.6 is 11.3 Å². The van der Waals surface area contributed by atoms with Gasteiger partial charge in [0, 0.05) is 16.9 Å². The Morgan fingerprint density at radius 1 is 0.960 bits per heavy atom. The Morgan fingerprint density at radius 2 is 1.64 bits per heavy atom. The highest BCUT2D eigenvalue weighted by molar-refractivity contribution is 7.91. The summed E-state index contributed by atoms with van der Waals surface area (Å²) >= 11 is 1.36. The van der Waals surface area contributed by atoms with Crippen LogP contribution in [0.25, 0.3) is 0 Å². The van der Waals surface area contributed by atoms with E-state index in [9.17, 15) is 13.2 Å². The summed E-state index contributed by atoms with van der Waals surface area (Å²) in [6.45, 7) is 1.91. The molecule has 3 nitrogen and oxygen atoms in total. The van der Waals surface area contributed by atoms with Crippen LogP contribution in [0.3, 0.4) is 0 Å². The molecule has 0 aliphatic carbocycles. The summed E-state index contributed by atoms with van der Waals surface area (Å²) in [5, 5.41) is 0.961. The number of sulfone groups is 1. The molecule has 0 aliphatic heterocycles. The van der Waals surface area contributed by atoms with Gasteiger partial charge in [0.05, 0.1) is 4.90 Å². The maximum atomic E-state index is 13.2. The minimum atomic E-state index is -3.65. The highest BCUT2D eigenvalue weighted by Gasteiger charge is 2.32. The van der Waals surface area contributed by atoms with Crippen LogP contribution in [0.5, 0.6) is 0 Å². The minimum Gasteiger partial charge on any atom is -0.294 e. The van der Waals surface area contributed by atoms with Crippen LogP contribution < -0.4 is 0 Å². The number of hydrogen-bond acceptors (Lipinski definition) is 4. The van der Waals surface area contributed by atoms with Crippen LogP contribution in [0.2, 0.25) is 0 Å². The van der Waals surface area contributed by atoms with Gasteiger partial charge in [-0.25, -0.2) is 8.42 Å². The molecule has 0 amide bonds. The van der Waals surface area contributed by atoms with Gasteiger partial charge in [-0.2, -0.15) is 0 Å². The van der Waals surface area contributed by atoms with Gasteiger partial charge in [-0.1, -0.05) is 54.1 Å². The number of ketones is 1. The van der Waals surface area contributed by atoms with E-state index >= 15 is 0 Å². The van der Waals surface area contributed by atoms with Crippen LogP contribution in [-0.4, -0.2) is 14.2 Å². The second-order valence-electron chi connectivity index (χ2n) is 5.86. The first-order valence-corrected chi connectivity index (χ1v) is 10.3. The lowest BCUT2D eigenvalue weighted by Gasteiger charge is -2.16. The van der Waals surface area contributed by atoms with E-state index in [1.807, 2.05) is 24.4 Å². The minimum absolute atomic E-state index is 0.0687. The summed E-state index contributed by atoms with van der Waals surface area (Å²) in [5.74, 6) is -0.172. The Labute approximate surface area is 151 Å². The van der Waals surface area contributed by atoms with Crippen LogP contribution in [-0.2, 0) is 9.84 Å². The molecule has 0 saturated carbocycles. The number of Topliss-reactive ketones (excluding diaryl/α,β-unsaturated/α-hetero) is 1. The van der Waals surface area contributed by atoms with Crippen molar-refractivity contribution in [1.29, 1.82) is 0 Å². The summed E-state index contributed by atoms with van der Waals surface area (Å²) in [6.07, 6.45) is -0.0687. The lowest BCUT2D eigenvalue weighted by molar-refractivity contribution is 0.0981. The number of hydrogen-bond donors (Lipinski definition) is 0. The average Bonchev–Trinajstić information content (AvgIpc) is 3.14. The Hall–Kier alpha value is -2.24. The molecule has 0 fully saturated rings. The first kappa shape index (κ1) is 17.6. The molecule has 3 aromatic rings. The molecule has 25 heavy (non-hydrogen) atoms. The Kier molecular flexibility index (Phi) is 5.16. The predicted molar refractivity (Wildman–Crippen MR) is 101 cm³/mol. The molecule has 0 saturated heterocycles. The van der Waals surface area contributed by atoms with Gasteiger partial charge >= 0.3 is 0 Å². The predicted octanol–water partition coefficient (Wildman–Crippen LogP) is 4.84. The van der Waals surface area contributed by atoms with Crippen molar-refractivity contribution < 1.29 is 13.2 Å². The van der Waals surface area contributed by atoms with Gasteiger partial charge in [0.25, 0.3) is 0 Å². The maximum absolute atomic E-state index is 13.2. The van der Waals surface area contributed by atoms with Crippen LogP contribution in [0.4, 0.5) is 0 Å². The van der Waals surface area contributed by atoms with Gasteiger partial charge in [0.2, 0.25) is 0 Å². The van der Waals surface area contributed by atoms with Gasteiger partial charge < -0.3 is 0 Å². The molecule has 0 unspecified atom stereocenters. The van der Waals surface area contributed by atoms with Gasteiger partial charge in [-0.3, -0.25) is 4.79 Å². The second-order valence-corrected chi connectivity index (χ2v) is 8.97. The third-order valence-corrected chi connectivity index (χ3v) is 7.29. The average molecular weight is 370 g/mol. The van der Waals surface area contributed by atoms with E-state index < -0.39 is 15.1 Å². The zero-order chi connectivity index (χ0) is 17.9. The summed E-state index contributed by atoms with van der Waals surface area (Å²) < 4.78 is 26.3. The van der Waals surface area contributed by atoms with Crippen molar-refractivity contribution in [2.75, 3.05) is 0 Å². The maximum Gasteiger partial charge on any atom is 0.186 e. The fraction of sp³-hybridized carbons (Fsp3) is 0.150. The van der Waals surface area contributed by atoms with Gasteiger partial charge in [0.15, 0.2) is 15.6 Å². The molecule has 128 valence electrons. The highest BCUT2D eigenvalue weighted by atomic mass is 32.2. The highest BCUT2D eigenvalue weighted by Crippen LogP contribution is 2.35. The van der Waals surface area contributed by atoms with E-state index in [1.165, 1.54) is 11.3 Å². The number of rotatable bonds is 6. The zero-order valence-corrected chi connectivity index (χ0v) is 15.4. The van der Waals surface area contributed by atoms with Crippen molar-refractivity contribution in [2.45, 2.75) is 23.5 Å². The Balaban J connectivity index is 1.98. The third-order valence-electron chi connectivity index (χ3n) is 4.05. The van der Waals surface area contributed by atoms with Gasteiger partial charge in [0.1, 0.15) is 5.25 Å². The van der Waals surface area contributed by atoms with E-state index in [4.69, 9.17) is 0 Å². The number of carbonyl (C=O) groups is 1. The third kappa shape index (κ3) is 3.89. The number of aryl methyl sites for hydroxylation is 1. The van der Waals surface area contributed by atoms with Crippen molar-refractivity contribution in [1.82, 2.24) is 0 Å². The number of thiophene rings is 1. The fourth-order valence-electron chi connectivity index (χ4n) is 2.64. The Morgan fingerprint density at radius 3 is 2.24 bits per heavy atom. The van der Waals surface area contributed by atoms with Crippen LogP contribution in [0.1, 0.15) is 32.5 Å². The fourth-order valence-corrected chi connectivity index (χ4v) is 5.49. The number of benzene rings is 2. The van der Waals surface area contributed by atoms with Gasteiger partial charge in [-0.15, -0.1) is 11.3 Å². The summed E-state index contributed by atoms with van der Waals surface area (Å²) in [5.41, 5.74) is 1.52. The first-order chi connectivity index (χ1) is 12.0. The molecule has 5 heteroatoms. The lowest BCUT2D eigenvalue weighted by atomic mass is 10.1. The van der Waals surface area contributed by atoms with Crippen molar-refractivity contribution in [3.63, 3.8) is 0 Å². The number of carbonyl (C=O) groups excluding carboxylic acids is 1. The molecule has 1 atom stereocenters. The zero-order valence-electron chi connectivity index (χ0n) is 13.8. The molecule has 1 heterocycles. The summed E-state index contributed by atoms with van der Waals surface area (Å²) in [6, 6.07) is 19.2. The summed E-state index contributed by atoms with van der Waals surface area (Å²) in [4.78, 5) is 13.6. The monoisotopic (exact) mass is 370 g/mol. The van der Waals surface area contributed by atoms with Crippen molar-refractivity contribution in [3.05, 3.63) is 88.1 Å². The normalized spacial score (nSPS) is 12.7. The molecule has 0 spiro atoms. The SMILES string of the molecule is Cc1ccc(S(=O)(=O)[C@@H](CC(=O)c2ccccc2)c2cccs2)cc1. The van der Waals surface area contributed by atoms with Crippen LogP contribution in [0.15, 0.2) is 77.0 Å². The van der Waals surface area contributed by atoms with E-state index in [1.54, 1.807) is 54.6 Å². The molecule has 2 aromatic carbocycles. The second kappa shape index (κ2) is 7.33. The van der Waals surface area contributed by atoms with E-state index in [0.717, 1.165) is 5.56 Å². The topological polar surface area (TPSA) is 51.2 Å². The summed E-state index contributed by atoms with van der Waals surface area (Å²) in [7, 11) is -3.65. The van der Waals surface area contributed by atoms with E-state index in [2.05, 4.69) is 0 Å². The largest absolute Gasteiger partial charge is 0.294 e. The van der Waals surface area contributed by atoms with Crippen molar-refractivity contribution in [2.24, 2.45) is 0 Å². The lowest BCUT2D eigenvalue weighted by Crippen LogP contribution is -2.17. The molecule has 0 bridgehead atoms.